The van der Waals surface area contributed by atoms with E-state index >= 15 is 0 Å². The Balaban J connectivity index is 1.91. The number of hydrogen-bond acceptors (Lipinski definition) is 6. The Morgan fingerprint density at radius 2 is 2.09 bits per heavy atom. The standard InChI is InChI=1S/C16H26N2O3S/c1-4-14(11-19)18-7-5-17(6-8-18)10-13-9-15(16(20)21-3)22-12(13)2/h9,14,19H,4-8,10-11H2,1-3H3. The van der Waals surface area contributed by atoms with Gasteiger partial charge in [0.05, 0.1) is 13.7 Å². The molecule has 0 amide bonds. The monoisotopic (exact) mass is 326 g/mol. The molecule has 0 aliphatic carbocycles. The Kier molecular flexibility index (Phi) is 6.37. The summed E-state index contributed by atoms with van der Waals surface area (Å²) >= 11 is 1.50. The Morgan fingerprint density at radius 1 is 1.41 bits per heavy atom. The van der Waals surface area contributed by atoms with Gasteiger partial charge in [-0.1, -0.05) is 6.92 Å². The molecule has 5 nitrogen and oxygen atoms in total. The lowest BCUT2D eigenvalue weighted by atomic mass is 10.1. The van der Waals surface area contributed by atoms with Gasteiger partial charge in [0.15, 0.2) is 0 Å². The number of rotatable bonds is 6. The lowest BCUT2D eigenvalue weighted by molar-refractivity contribution is 0.0601. The highest BCUT2D eigenvalue weighted by Crippen LogP contribution is 2.24. The van der Waals surface area contributed by atoms with Crippen molar-refractivity contribution in [3.8, 4) is 0 Å². The molecule has 0 spiro atoms. The van der Waals surface area contributed by atoms with Gasteiger partial charge in [0.2, 0.25) is 0 Å². The summed E-state index contributed by atoms with van der Waals surface area (Å²) in [4.78, 5) is 18.3. The normalized spacial score (nSPS) is 18.4. The summed E-state index contributed by atoms with van der Waals surface area (Å²) in [5.41, 5.74) is 1.22. The van der Waals surface area contributed by atoms with Crippen molar-refractivity contribution in [2.45, 2.75) is 32.9 Å². The van der Waals surface area contributed by atoms with Gasteiger partial charge in [0.1, 0.15) is 4.88 Å². The quantitative estimate of drug-likeness (QED) is 0.807. The number of aliphatic hydroxyl groups excluding tert-OH is 1. The minimum Gasteiger partial charge on any atom is -0.465 e. The van der Waals surface area contributed by atoms with E-state index in [0.717, 1.165) is 39.1 Å². The van der Waals surface area contributed by atoms with Crippen molar-refractivity contribution in [2.24, 2.45) is 0 Å². The molecule has 0 bridgehead atoms. The number of aliphatic hydroxyl groups is 1. The molecule has 22 heavy (non-hydrogen) atoms. The third kappa shape index (κ3) is 4.07. The van der Waals surface area contributed by atoms with Crippen molar-refractivity contribution in [1.29, 1.82) is 0 Å². The zero-order valence-corrected chi connectivity index (χ0v) is 14.5. The van der Waals surface area contributed by atoms with Crippen molar-refractivity contribution < 1.29 is 14.6 Å². The molecule has 1 saturated heterocycles. The second kappa shape index (κ2) is 8.06. The van der Waals surface area contributed by atoms with E-state index in [1.807, 2.05) is 6.07 Å². The number of methoxy groups -OCH3 is 1. The number of carbonyl (C=O) groups is 1. The zero-order chi connectivity index (χ0) is 16.1. The van der Waals surface area contributed by atoms with Crippen LogP contribution in [0.3, 0.4) is 0 Å². The van der Waals surface area contributed by atoms with Crippen LogP contribution < -0.4 is 0 Å². The van der Waals surface area contributed by atoms with Crippen molar-refractivity contribution in [2.75, 3.05) is 39.9 Å². The molecule has 1 N–H and O–H groups in total. The highest BCUT2D eigenvalue weighted by atomic mass is 32.1. The minimum absolute atomic E-state index is 0.239. The van der Waals surface area contributed by atoms with Gasteiger partial charge >= 0.3 is 5.97 Å². The van der Waals surface area contributed by atoms with E-state index in [9.17, 15) is 9.90 Å². The third-order valence-electron chi connectivity index (χ3n) is 4.41. The smallest absolute Gasteiger partial charge is 0.348 e. The molecular weight excluding hydrogens is 300 g/mol. The molecule has 1 aromatic rings. The lowest BCUT2D eigenvalue weighted by Gasteiger charge is -2.38. The first kappa shape index (κ1) is 17.4. The summed E-state index contributed by atoms with van der Waals surface area (Å²) in [6, 6.07) is 2.25. The van der Waals surface area contributed by atoms with Crippen LogP contribution >= 0.6 is 11.3 Å². The van der Waals surface area contributed by atoms with Crippen LogP contribution in [-0.2, 0) is 11.3 Å². The van der Waals surface area contributed by atoms with E-state index in [4.69, 9.17) is 4.74 Å². The Bertz CT molecular complexity index is 492. The van der Waals surface area contributed by atoms with E-state index in [-0.39, 0.29) is 18.6 Å². The zero-order valence-electron chi connectivity index (χ0n) is 13.7. The van der Waals surface area contributed by atoms with Crippen LogP contribution in [0.2, 0.25) is 0 Å². The fourth-order valence-corrected chi connectivity index (χ4v) is 3.86. The number of aryl methyl sites for hydroxylation is 1. The number of esters is 1. The Hall–Kier alpha value is -0.950. The average Bonchev–Trinajstić information content (AvgIpc) is 2.90. The average molecular weight is 326 g/mol. The number of piperazine rings is 1. The summed E-state index contributed by atoms with van der Waals surface area (Å²) in [5, 5.41) is 9.40. The number of carbonyl (C=O) groups excluding carboxylic acids is 1. The van der Waals surface area contributed by atoms with Crippen molar-refractivity contribution in [1.82, 2.24) is 9.80 Å². The Labute approximate surface area is 136 Å². The van der Waals surface area contributed by atoms with Crippen LogP contribution in [-0.4, -0.2) is 66.8 Å². The predicted molar refractivity (Wildman–Crippen MR) is 88.4 cm³/mol. The second-order valence-electron chi connectivity index (χ2n) is 5.74. The molecule has 0 radical (unpaired) electrons. The van der Waals surface area contributed by atoms with Crippen LogP contribution in [0.4, 0.5) is 0 Å². The molecule has 1 unspecified atom stereocenters. The number of ether oxygens (including phenoxy) is 1. The van der Waals surface area contributed by atoms with Crippen LogP contribution in [0, 0.1) is 6.92 Å². The van der Waals surface area contributed by atoms with Gasteiger partial charge in [-0.15, -0.1) is 11.3 Å². The maximum Gasteiger partial charge on any atom is 0.348 e. The highest BCUT2D eigenvalue weighted by Gasteiger charge is 2.23. The number of nitrogens with zero attached hydrogens (tertiary/aromatic N) is 2. The van der Waals surface area contributed by atoms with Gasteiger partial charge in [-0.2, -0.15) is 0 Å². The SMILES string of the molecule is CCC(CO)N1CCN(Cc2cc(C(=O)OC)sc2C)CC1. The largest absolute Gasteiger partial charge is 0.465 e. The van der Waals surface area contributed by atoms with Gasteiger partial charge in [-0.05, 0) is 25.0 Å². The molecule has 1 fully saturated rings. The molecule has 124 valence electrons. The van der Waals surface area contributed by atoms with Gasteiger partial charge < -0.3 is 9.84 Å². The first-order valence-electron chi connectivity index (χ1n) is 7.83. The van der Waals surface area contributed by atoms with Crippen LogP contribution in [0.15, 0.2) is 6.07 Å². The molecule has 0 aromatic carbocycles. The van der Waals surface area contributed by atoms with Crippen molar-refractivity contribution in [3.63, 3.8) is 0 Å². The molecule has 1 aliphatic heterocycles. The number of hydrogen-bond donors (Lipinski definition) is 1. The third-order valence-corrected chi connectivity index (χ3v) is 5.48. The van der Waals surface area contributed by atoms with E-state index in [0.29, 0.717) is 4.88 Å². The van der Waals surface area contributed by atoms with Crippen LogP contribution in [0.1, 0.15) is 33.5 Å². The van der Waals surface area contributed by atoms with Crippen LogP contribution in [0.5, 0.6) is 0 Å². The first-order chi connectivity index (χ1) is 10.6. The van der Waals surface area contributed by atoms with Gasteiger partial charge in [0, 0.05) is 43.6 Å². The van der Waals surface area contributed by atoms with Gasteiger partial charge in [-0.3, -0.25) is 9.80 Å². The fraction of sp³-hybridized carbons (Fsp3) is 0.688. The summed E-state index contributed by atoms with van der Waals surface area (Å²) in [6.07, 6.45) is 0.989. The lowest BCUT2D eigenvalue weighted by Crippen LogP contribution is -2.50. The highest BCUT2D eigenvalue weighted by molar-refractivity contribution is 7.14. The molecule has 1 aromatic heterocycles. The van der Waals surface area contributed by atoms with Crippen LogP contribution in [0.25, 0.3) is 0 Å². The Morgan fingerprint density at radius 3 is 2.64 bits per heavy atom. The number of thiophene rings is 1. The van der Waals surface area contributed by atoms with Crippen molar-refractivity contribution >= 4 is 17.3 Å². The summed E-state index contributed by atoms with van der Waals surface area (Å²) in [7, 11) is 1.42. The van der Waals surface area contributed by atoms with Gasteiger partial charge in [0.25, 0.3) is 0 Å². The minimum atomic E-state index is -0.252. The maximum absolute atomic E-state index is 11.6. The summed E-state index contributed by atoms with van der Waals surface area (Å²) in [6.45, 7) is 9.28. The summed E-state index contributed by atoms with van der Waals surface area (Å²) in [5.74, 6) is -0.252. The predicted octanol–water partition coefficient (Wildman–Crippen LogP) is 1.73. The van der Waals surface area contributed by atoms with E-state index in [2.05, 4.69) is 23.6 Å². The maximum atomic E-state index is 11.6. The van der Waals surface area contributed by atoms with Gasteiger partial charge in [-0.25, -0.2) is 4.79 Å². The van der Waals surface area contributed by atoms with E-state index in [1.165, 1.54) is 28.9 Å². The molecular formula is C16H26N2O3S. The molecule has 1 aliphatic rings. The second-order valence-corrected chi connectivity index (χ2v) is 7.00. The molecule has 0 saturated carbocycles. The van der Waals surface area contributed by atoms with Crippen molar-refractivity contribution in [3.05, 3.63) is 21.4 Å². The topological polar surface area (TPSA) is 53.0 Å². The van der Waals surface area contributed by atoms with E-state index < -0.39 is 0 Å². The first-order valence-corrected chi connectivity index (χ1v) is 8.65. The molecule has 6 heteroatoms. The molecule has 2 rings (SSSR count). The molecule has 2 heterocycles. The molecule has 1 atom stereocenters. The summed E-state index contributed by atoms with van der Waals surface area (Å²) < 4.78 is 4.79. The fourth-order valence-electron chi connectivity index (χ4n) is 2.91. The van der Waals surface area contributed by atoms with E-state index in [1.54, 1.807) is 0 Å².